The Morgan fingerprint density at radius 3 is 2.73 bits per heavy atom. The second-order valence-electron chi connectivity index (χ2n) is 9.94. The van der Waals surface area contributed by atoms with Crippen molar-refractivity contribution in [1.82, 2.24) is 19.7 Å². The first kappa shape index (κ1) is 28.1. The van der Waals surface area contributed by atoms with Gasteiger partial charge in [0.2, 0.25) is 5.88 Å². The fraction of sp³-hybridized carbons (Fsp3) is 0.464. The van der Waals surface area contributed by atoms with Gasteiger partial charge in [-0.3, -0.25) is 14.6 Å². The number of carboxylic acids is 1. The monoisotopic (exact) mass is 508 g/mol. The molecule has 0 saturated heterocycles. The van der Waals surface area contributed by atoms with Crippen LogP contribution in [0.4, 0.5) is 0 Å². The van der Waals surface area contributed by atoms with E-state index in [1.165, 1.54) is 0 Å². The van der Waals surface area contributed by atoms with Gasteiger partial charge in [-0.05, 0) is 51.8 Å². The van der Waals surface area contributed by atoms with Crippen LogP contribution in [0, 0.1) is 17.8 Å². The Morgan fingerprint density at radius 2 is 2.05 bits per heavy atom. The third-order valence-corrected chi connectivity index (χ3v) is 6.27. The Bertz CT molecular complexity index is 1170. The lowest BCUT2D eigenvalue weighted by Crippen LogP contribution is -2.49. The number of hydrogen-bond acceptors (Lipinski definition) is 7. The van der Waals surface area contributed by atoms with Crippen molar-refractivity contribution in [1.29, 1.82) is 0 Å². The molecule has 198 valence electrons. The molecule has 1 aliphatic heterocycles. The molecule has 1 aromatic carbocycles. The molecule has 3 atom stereocenters. The number of nitrogens with zero attached hydrogens (tertiary/aromatic N) is 4. The second kappa shape index (κ2) is 12.7. The first-order valence-electron chi connectivity index (χ1n) is 12.3. The number of aromatic nitrogens is 1. The fourth-order valence-electron chi connectivity index (χ4n) is 4.17. The number of fused-ring (bicyclic) bond motifs is 1. The molecule has 1 aromatic heterocycles. The highest BCUT2D eigenvalue weighted by Crippen LogP contribution is 2.27. The maximum Gasteiger partial charge on any atom is 0.335 e. The van der Waals surface area contributed by atoms with Crippen LogP contribution in [0.15, 0.2) is 36.5 Å². The minimum Gasteiger partial charge on any atom is -0.478 e. The van der Waals surface area contributed by atoms with E-state index >= 15 is 0 Å². The summed E-state index contributed by atoms with van der Waals surface area (Å²) in [4.78, 5) is 35.0. The summed E-state index contributed by atoms with van der Waals surface area (Å²) in [5.41, 5.74) is 2.07. The molecule has 0 aliphatic carbocycles. The predicted octanol–water partition coefficient (Wildman–Crippen LogP) is 2.04. The summed E-state index contributed by atoms with van der Waals surface area (Å²) in [7, 11) is 5.81. The molecule has 0 bridgehead atoms. The summed E-state index contributed by atoms with van der Waals surface area (Å²) < 4.78 is 6.34. The van der Waals surface area contributed by atoms with Crippen LogP contribution in [0.2, 0.25) is 0 Å². The zero-order valence-electron chi connectivity index (χ0n) is 22.1. The summed E-state index contributed by atoms with van der Waals surface area (Å²) >= 11 is 0. The zero-order valence-corrected chi connectivity index (χ0v) is 22.1. The van der Waals surface area contributed by atoms with E-state index in [0.29, 0.717) is 37.3 Å². The molecule has 0 spiro atoms. The first-order valence-corrected chi connectivity index (χ1v) is 12.3. The SMILES string of the molecule is C[C@@H]1CN([C@H](C)CO)C(=O)c2cc(C#CCN(C)C)cnc2O[C@@H]1CN(C)Cc1cccc(C(=O)O)c1. The van der Waals surface area contributed by atoms with E-state index < -0.39 is 5.97 Å². The van der Waals surface area contributed by atoms with Crippen LogP contribution in [0.25, 0.3) is 0 Å². The Kier molecular flexibility index (Phi) is 9.64. The largest absolute Gasteiger partial charge is 0.478 e. The van der Waals surface area contributed by atoms with Gasteiger partial charge in [0.25, 0.3) is 5.91 Å². The lowest BCUT2D eigenvalue weighted by Gasteiger charge is -2.37. The van der Waals surface area contributed by atoms with Gasteiger partial charge in [-0.25, -0.2) is 9.78 Å². The summed E-state index contributed by atoms with van der Waals surface area (Å²) in [5.74, 6) is 5.10. The van der Waals surface area contributed by atoms with E-state index in [-0.39, 0.29) is 42.0 Å². The number of carbonyl (C=O) groups excluding carboxylic acids is 1. The Hall–Kier alpha value is -3.45. The van der Waals surface area contributed by atoms with E-state index in [2.05, 4.69) is 21.7 Å². The minimum absolute atomic E-state index is 0.0553. The number of benzene rings is 1. The number of rotatable bonds is 8. The number of aliphatic hydroxyl groups excluding tert-OH is 1. The lowest BCUT2D eigenvalue weighted by molar-refractivity contribution is 0.0324. The normalized spacial score (nSPS) is 18.4. The molecule has 1 amide bonds. The molecular weight excluding hydrogens is 472 g/mol. The second-order valence-corrected chi connectivity index (χ2v) is 9.94. The van der Waals surface area contributed by atoms with Gasteiger partial charge in [0.05, 0.1) is 24.8 Å². The smallest absolute Gasteiger partial charge is 0.335 e. The van der Waals surface area contributed by atoms with Gasteiger partial charge >= 0.3 is 5.97 Å². The van der Waals surface area contributed by atoms with Gasteiger partial charge in [-0.2, -0.15) is 0 Å². The zero-order chi connectivity index (χ0) is 27.1. The number of hydrogen-bond donors (Lipinski definition) is 2. The van der Waals surface area contributed by atoms with E-state index in [1.54, 1.807) is 35.4 Å². The van der Waals surface area contributed by atoms with Gasteiger partial charge < -0.3 is 19.8 Å². The number of likely N-dealkylation sites (N-methyl/N-ethyl adjacent to an activating group) is 1. The van der Waals surface area contributed by atoms with E-state index in [9.17, 15) is 19.8 Å². The summed E-state index contributed by atoms with van der Waals surface area (Å²) in [5, 5.41) is 19.1. The van der Waals surface area contributed by atoms with Gasteiger partial charge in [0.1, 0.15) is 11.7 Å². The topological polar surface area (TPSA) is 106 Å². The van der Waals surface area contributed by atoms with Crippen LogP contribution in [-0.2, 0) is 6.54 Å². The highest BCUT2D eigenvalue weighted by atomic mass is 16.5. The maximum absolute atomic E-state index is 13.5. The van der Waals surface area contributed by atoms with Crippen molar-refractivity contribution in [3.8, 4) is 17.7 Å². The van der Waals surface area contributed by atoms with Crippen molar-refractivity contribution >= 4 is 11.9 Å². The van der Waals surface area contributed by atoms with Gasteiger partial charge in [0.15, 0.2) is 0 Å². The predicted molar refractivity (Wildman–Crippen MR) is 141 cm³/mol. The van der Waals surface area contributed by atoms with Crippen molar-refractivity contribution in [3.05, 3.63) is 58.8 Å². The molecule has 2 aromatic rings. The maximum atomic E-state index is 13.5. The average Bonchev–Trinajstić information content (AvgIpc) is 2.85. The molecule has 37 heavy (non-hydrogen) atoms. The fourth-order valence-corrected chi connectivity index (χ4v) is 4.17. The quantitative estimate of drug-likeness (QED) is 0.522. The van der Waals surface area contributed by atoms with Crippen LogP contribution in [0.5, 0.6) is 5.88 Å². The molecular formula is C28H36N4O5. The molecule has 2 heterocycles. The van der Waals surface area contributed by atoms with E-state index in [1.807, 2.05) is 46.0 Å². The average molecular weight is 509 g/mol. The van der Waals surface area contributed by atoms with Crippen molar-refractivity contribution in [2.45, 2.75) is 32.5 Å². The van der Waals surface area contributed by atoms with Crippen molar-refractivity contribution in [2.75, 3.05) is 47.4 Å². The molecule has 0 unspecified atom stereocenters. The number of aromatic carboxylic acids is 1. The Labute approximate surface area is 218 Å². The molecule has 9 heteroatoms. The lowest BCUT2D eigenvalue weighted by atomic mass is 9.99. The summed E-state index contributed by atoms with van der Waals surface area (Å²) in [6.07, 6.45) is 1.31. The Morgan fingerprint density at radius 1 is 1.30 bits per heavy atom. The van der Waals surface area contributed by atoms with Crippen LogP contribution in [0.3, 0.4) is 0 Å². The van der Waals surface area contributed by atoms with Gasteiger partial charge in [0, 0.05) is 37.3 Å². The first-order chi connectivity index (χ1) is 17.6. The molecule has 3 rings (SSSR count). The molecule has 0 fully saturated rings. The van der Waals surface area contributed by atoms with Crippen LogP contribution >= 0.6 is 0 Å². The third kappa shape index (κ3) is 7.52. The molecule has 0 radical (unpaired) electrons. The van der Waals surface area contributed by atoms with Crippen molar-refractivity contribution in [3.63, 3.8) is 0 Å². The molecule has 1 aliphatic rings. The minimum atomic E-state index is -0.960. The standard InChI is InChI=1S/C28H36N4O5/c1-19-15-32(20(2)18-33)27(34)24-13-21(9-7-11-30(3)4)14-29-26(24)37-25(19)17-31(5)16-22-8-6-10-23(12-22)28(35)36/h6,8,10,12-14,19-20,25,33H,11,15-18H2,1-5H3,(H,35,36)/t19-,20-,25-/m1/s1. The number of carboxylic acid groups (broad SMARTS) is 1. The highest BCUT2D eigenvalue weighted by molar-refractivity contribution is 5.97. The van der Waals surface area contributed by atoms with Crippen molar-refractivity contribution in [2.24, 2.45) is 5.92 Å². The van der Waals surface area contributed by atoms with Crippen LogP contribution in [-0.4, -0.2) is 101 Å². The summed E-state index contributed by atoms with van der Waals surface area (Å²) in [6.45, 7) is 5.72. The highest BCUT2D eigenvalue weighted by Gasteiger charge is 2.34. The number of pyridine rings is 1. The number of ether oxygens (including phenoxy) is 1. The number of carbonyl (C=O) groups is 2. The van der Waals surface area contributed by atoms with Crippen LogP contribution < -0.4 is 4.74 Å². The van der Waals surface area contributed by atoms with Crippen molar-refractivity contribution < 1.29 is 24.5 Å². The van der Waals surface area contributed by atoms with E-state index in [4.69, 9.17) is 4.74 Å². The Balaban J connectivity index is 1.88. The van der Waals surface area contributed by atoms with Crippen LogP contribution in [0.1, 0.15) is 45.7 Å². The van der Waals surface area contributed by atoms with Gasteiger partial charge in [-0.15, -0.1) is 0 Å². The van der Waals surface area contributed by atoms with E-state index in [0.717, 1.165) is 5.56 Å². The molecule has 9 nitrogen and oxygen atoms in total. The number of amides is 1. The van der Waals surface area contributed by atoms with Gasteiger partial charge in [-0.1, -0.05) is 30.9 Å². The summed E-state index contributed by atoms with van der Waals surface area (Å²) in [6, 6.07) is 8.20. The number of aliphatic hydroxyl groups is 1. The molecule has 0 saturated carbocycles. The molecule has 2 N–H and O–H groups in total. The third-order valence-electron chi connectivity index (χ3n) is 6.27.